The molecule has 0 fully saturated rings. The number of rotatable bonds is 4. The van der Waals surface area contributed by atoms with Crippen LogP contribution >= 0.6 is 15.9 Å². The van der Waals surface area contributed by atoms with Crippen LogP contribution in [-0.2, 0) is 10.0 Å². The summed E-state index contributed by atoms with van der Waals surface area (Å²) in [5.41, 5.74) is 3.26. The lowest BCUT2D eigenvalue weighted by molar-refractivity contribution is 0.402. The van der Waals surface area contributed by atoms with Crippen LogP contribution in [0.4, 0.5) is 5.69 Å². The average Bonchev–Trinajstić information content (AvgIpc) is 2.44. The van der Waals surface area contributed by atoms with E-state index in [1.165, 1.54) is 7.11 Å². The first kappa shape index (κ1) is 16.8. The van der Waals surface area contributed by atoms with Crippen molar-refractivity contribution in [2.75, 3.05) is 11.8 Å². The highest BCUT2D eigenvalue weighted by molar-refractivity contribution is 9.10. The number of nitrogens with one attached hydrogen (secondary N) is 1. The molecule has 1 N–H and O–H groups in total. The van der Waals surface area contributed by atoms with Gasteiger partial charge in [0.1, 0.15) is 10.6 Å². The number of hydrogen-bond acceptors (Lipinski definition) is 3. The number of hydrogen-bond donors (Lipinski definition) is 1. The number of benzene rings is 2. The third kappa shape index (κ3) is 3.44. The van der Waals surface area contributed by atoms with Gasteiger partial charge in [-0.05, 0) is 67.8 Å². The van der Waals surface area contributed by atoms with Gasteiger partial charge in [-0.15, -0.1) is 0 Å². The van der Waals surface area contributed by atoms with E-state index in [2.05, 4.69) is 20.7 Å². The Bertz CT molecular complexity index is 816. The van der Waals surface area contributed by atoms with Crippen molar-refractivity contribution in [1.29, 1.82) is 0 Å². The molecule has 2 aromatic rings. The predicted octanol–water partition coefficient (Wildman–Crippen LogP) is 4.18. The van der Waals surface area contributed by atoms with Crippen LogP contribution in [0.2, 0.25) is 0 Å². The minimum atomic E-state index is -3.72. The molecule has 0 saturated heterocycles. The zero-order valence-corrected chi connectivity index (χ0v) is 15.3. The second-order valence-electron chi connectivity index (χ2n) is 5.15. The Balaban J connectivity index is 2.49. The molecule has 0 aliphatic rings. The SMILES string of the molecule is COc1cc(C)c(C)cc1S(=O)(=O)Nc1ccc(Br)cc1C. The number of ether oxygens (including phenoxy) is 1. The molecule has 0 heterocycles. The Labute approximate surface area is 139 Å². The normalized spacial score (nSPS) is 11.3. The van der Waals surface area contributed by atoms with Gasteiger partial charge in [-0.3, -0.25) is 4.72 Å². The van der Waals surface area contributed by atoms with E-state index < -0.39 is 10.0 Å². The summed E-state index contributed by atoms with van der Waals surface area (Å²) in [6, 6.07) is 8.74. The summed E-state index contributed by atoms with van der Waals surface area (Å²) < 4.78 is 34.1. The van der Waals surface area contributed by atoms with Gasteiger partial charge in [0.2, 0.25) is 0 Å². The fraction of sp³-hybridized carbons (Fsp3) is 0.250. The van der Waals surface area contributed by atoms with Crippen molar-refractivity contribution in [3.05, 3.63) is 51.5 Å². The van der Waals surface area contributed by atoms with Gasteiger partial charge in [0.15, 0.2) is 0 Å². The van der Waals surface area contributed by atoms with E-state index in [4.69, 9.17) is 4.74 Å². The second-order valence-corrected chi connectivity index (χ2v) is 7.72. The highest BCUT2D eigenvalue weighted by atomic mass is 79.9. The van der Waals surface area contributed by atoms with Crippen molar-refractivity contribution in [3.8, 4) is 5.75 Å². The van der Waals surface area contributed by atoms with Gasteiger partial charge in [-0.25, -0.2) is 8.42 Å². The van der Waals surface area contributed by atoms with Crippen LogP contribution in [0.5, 0.6) is 5.75 Å². The third-order valence-electron chi connectivity index (χ3n) is 3.50. The van der Waals surface area contributed by atoms with E-state index in [0.29, 0.717) is 11.4 Å². The Morgan fingerprint density at radius 2 is 1.64 bits per heavy atom. The van der Waals surface area contributed by atoms with Crippen LogP contribution in [0.3, 0.4) is 0 Å². The lowest BCUT2D eigenvalue weighted by Crippen LogP contribution is -2.15. The van der Waals surface area contributed by atoms with Crippen molar-refractivity contribution in [3.63, 3.8) is 0 Å². The zero-order chi connectivity index (χ0) is 16.5. The summed E-state index contributed by atoms with van der Waals surface area (Å²) in [6.07, 6.45) is 0. The number of methoxy groups -OCH3 is 1. The van der Waals surface area contributed by atoms with Crippen LogP contribution in [0, 0.1) is 20.8 Å². The summed E-state index contributed by atoms with van der Waals surface area (Å²) in [7, 11) is -2.25. The fourth-order valence-corrected chi connectivity index (χ4v) is 3.92. The zero-order valence-electron chi connectivity index (χ0n) is 12.9. The Hall–Kier alpha value is -1.53. The molecule has 2 rings (SSSR count). The molecule has 0 amide bonds. The highest BCUT2D eigenvalue weighted by Crippen LogP contribution is 2.30. The van der Waals surface area contributed by atoms with Gasteiger partial charge in [0.25, 0.3) is 10.0 Å². The first-order valence-corrected chi connectivity index (χ1v) is 8.96. The molecule has 22 heavy (non-hydrogen) atoms. The van der Waals surface area contributed by atoms with Crippen LogP contribution in [0.25, 0.3) is 0 Å². The lowest BCUT2D eigenvalue weighted by Gasteiger charge is -2.15. The molecule has 2 aromatic carbocycles. The van der Waals surface area contributed by atoms with Gasteiger partial charge in [-0.1, -0.05) is 15.9 Å². The van der Waals surface area contributed by atoms with Crippen molar-refractivity contribution in [2.24, 2.45) is 0 Å². The number of halogens is 1. The van der Waals surface area contributed by atoms with Crippen molar-refractivity contribution >= 4 is 31.6 Å². The first-order valence-electron chi connectivity index (χ1n) is 6.69. The monoisotopic (exact) mass is 383 g/mol. The molecule has 6 heteroatoms. The minimum absolute atomic E-state index is 0.139. The molecule has 0 spiro atoms. The number of aryl methyl sites for hydroxylation is 3. The maximum atomic E-state index is 12.7. The van der Waals surface area contributed by atoms with E-state index in [-0.39, 0.29) is 4.90 Å². The molecule has 0 aromatic heterocycles. The average molecular weight is 384 g/mol. The molecule has 0 aliphatic heterocycles. The van der Waals surface area contributed by atoms with E-state index >= 15 is 0 Å². The lowest BCUT2D eigenvalue weighted by atomic mass is 10.1. The molecular weight excluding hydrogens is 366 g/mol. The molecule has 118 valence electrons. The molecule has 0 aliphatic carbocycles. The highest BCUT2D eigenvalue weighted by Gasteiger charge is 2.21. The number of sulfonamides is 1. The molecule has 0 saturated carbocycles. The summed E-state index contributed by atoms with van der Waals surface area (Å²) >= 11 is 3.36. The Kier molecular flexibility index (Phi) is 4.82. The summed E-state index contributed by atoms with van der Waals surface area (Å²) in [4.78, 5) is 0.139. The van der Waals surface area contributed by atoms with Crippen molar-refractivity contribution < 1.29 is 13.2 Å². The molecule has 0 radical (unpaired) electrons. The number of anilines is 1. The van der Waals surface area contributed by atoms with Gasteiger partial charge in [0, 0.05) is 4.47 Å². The van der Waals surface area contributed by atoms with Crippen molar-refractivity contribution in [1.82, 2.24) is 0 Å². The molecular formula is C16H18BrNO3S. The maximum absolute atomic E-state index is 12.7. The first-order chi connectivity index (χ1) is 10.2. The van der Waals surface area contributed by atoms with E-state index in [9.17, 15) is 8.42 Å². The third-order valence-corrected chi connectivity index (χ3v) is 5.38. The largest absolute Gasteiger partial charge is 0.495 e. The smallest absolute Gasteiger partial charge is 0.265 e. The van der Waals surface area contributed by atoms with Gasteiger partial charge < -0.3 is 4.74 Å². The van der Waals surface area contributed by atoms with Crippen LogP contribution in [0.15, 0.2) is 39.7 Å². The summed E-state index contributed by atoms with van der Waals surface area (Å²) in [6.45, 7) is 5.64. The summed E-state index contributed by atoms with van der Waals surface area (Å²) in [5, 5.41) is 0. The van der Waals surface area contributed by atoms with Crippen LogP contribution in [-0.4, -0.2) is 15.5 Å². The second kappa shape index (κ2) is 6.30. The minimum Gasteiger partial charge on any atom is -0.495 e. The van der Waals surface area contributed by atoms with E-state index in [1.54, 1.807) is 24.3 Å². The quantitative estimate of drug-likeness (QED) is 0.860. The van der Waals surface area contributed by atoms with E-state index in [1.807, 2.05) is 26.8 Å². The standard InChI is InChI=1S/C16H18BrNO3S/c1-10-8-15(21-4)16(9-11(10)2)22(19,20)18-14-6-5-13(17)7-12(14)3/h5-9,18H,1-4H3. The molecule has 0 unspecified atom stereocenters. The maximum Gasteiger partial charge on any atom is 0.265 e. The van der Waals surface area contributed by atoms with Gasteiger partial charge in [-0.2, -0.15) is 0 Å². The Morgan fingerprint density at radius 3 is 2.23 bits per heavy atom. The van der Waals surface area contributed by atoms with Crippen molar-refractivity contribution in [2.45, 2.75) is 25.7 Å². The van der Waals surface area contributed by atoms with Crippen LogP contribution in [0.1, 0.15) is 16.7 Å². The predicted molar refractivity (Wildman–Crippen MR) is 92.2 cm³/mol. The molecule has 0 bridgehead atoms. The van der Waals surface area contributed by atoms with Gasteiger partial charge >= 0.3 is 0 Å². The topological polar surface area (TPSA) is 55.4 Å². The van der Waals surface area contributed by atoms with Crippen LogP contribution < -0.4 is 9.46 Å². The van der Waals surface area contributed by atoms with E-state index in [0.717, 1.165) is 21.2 Å². The van der Waals surface area contributed by atoms with Gasteiger partial charge in [0.05, 0.1) is 12.8 Å². The molecule has 0 atom stereocenters. The summed E-state index contributed by atoms with van der Waals surface area (Å²) in [5.74, 6) is 0.338. The molecule has 4 nitrogen and oxygen atoms in total. The fourth-order valence-electron chi connectivity index (χ4n) is 2.07. The Morgan fingerprint density at radius 1 is 1.00 bits per heavy atom.